The quantitative estimate of drug-likeness (QED) is 0.133. The van der Waals surface area contributed by atoms with Gasteiger partial charge in [0.1, 0.15) is 22.6 Å². The Bertz CT molecular complexity index is 1020. The molecule has 0 atom stereocenters. The van der Waals surface area contributed by atoms with Gasteiger partial charge in [-0.2, -0.15) is 5.10 Å². The molecule has 17 heteroatoms. The molecule has 0 fully saturated rings. The van der Waals surface area contributed by atoms with E-state index in [1.807, 2.05) is 0 Å². The minimum atomic E-state index is -1.27. The molecule has 0 aromatic heterocycles. The smallest absolute Gasteiger partial charge is 0.339 e. The molecule has 14 N–H and O–H groups in total. The number of carbonyl (C=O) groups is 2. The molecule has 2 rings (SSSR count). The Morgan fingerprint density at radius 2 is 1.17 bits per heavy atom. The number of amidine groups is 1. The van der Waals surface area contributed by atoms with Crippen LogP contribution >= 0.6 is 11.8 Å². The number of thioether (sulfide) groups is 1. The van der Waals surface area contributed by atoms with Crippen LogP contribution in [0.1, 0.15) is 31.8 Å². The molecule has 14 nitrogen and oxygen atoms in total. The zero-order chi connectivity index (χ0) is 20.7. The Morgan fingerprint density at radius 3 is 1.54 bits per heavy atom. The van der Waals surface area contributed by atoms with E-state index in [0.717, 1.165) is 11.8 Å². The third kappa shape index (κ3) is 12.4. The summed E-state index contributed by atoms with van der Waals surface area (Å²) >= 11 is 1.14. The number of nitrogens with zero attached hydrogens (tertiary/aromatic N) is 3. The fraction of sp³-hybridized carbons (Fsp3) is 0.0556. The minimum Gasteiger partial charge on any atom is -0.506 e. The summed E-state index contributed by atoms with van der Waals surface area (Å²) in [5.41, 5.74) is -0.152. The topological polar surface area (TPSA) is 310 Å². The van der Waals surface area contributed by atoms with Crippen molar-refractivity contribution >= 4 is 41.3 Å². The van der Waals surface area contributed by atoms with E-state index < -0.39 is 23.4 Å². The summed E-state index contributed by atoms with van der Waals surface area (Å²) in [7, 11) is 0. The van der Waals surface area contributed by atoms with E-state index >= 15 is 0 Å². The van der Waals surface area contributed by atoms with Crippen LogP contribution in [0.4, 0.5) is 0 Å². The molecule has 0 saturated heterocycles. The summed E-state index contributed by atoms with van der Waals surface area (Å²) in [6, 6.07) is 8.41. The number of aromatic hydroxyl groups is 2. The van der Waals surface area contributed by atoms with Crippen LogP contribution in [0.2, 0.25) is 0 Å². The van der Waals surface area contributed by atoms with Crippen LogP contribution in [0.25, 0.3) is 0 Å². The van der Waals surface area contributed by atoms with Crippen molar-refractivity contribution in [2.75, 3.05) is 6.26 Å². The molecule has 2 aromatic carbocycles. The van der Waals surface area contributed by atoms with E-state index in [1.165, 1.54) is 48.8 Å². The molecule has 35 heavy (non-hydrogen) atoms. The average Bonchev–Trinajstić information content (AvgIpc) is 2.66. The van der Waals surface area contributed by atoms with Crippen LogP contribution in [-0.2, 0) is 34.1 Å². The van der Waals surface area contributed by atoms with Crippen LogP contribution in [0, 0.1) is 0 Å². The number of carboxylic acid groups (broad SMARTS) is 2. The van der Waals surface area contributed by atoms with Crippen LogP contribution in [0.15, 0.2) is 51.6 Å². The molecule has 0 saturated carbocycles. The molecule has 206 valence electrons. The monoisotopic (exact) mass is 617 g/mol. The molecule has 0 spiro atoms. The first kappa shape index (κ1) is 45.6. The summed E-state index contributed by atoms with van der Waals surface area (Å²) in [6.45, 7) is 0. The maximum absolute atomic E-state index is 11.0. The third-order valence-corrected chi connectivity index (χ3v) is 3.98. The fourth-order valence-electron chi connectivity index (χ4n) is 2.06. The number of aromatic carboxylic acids is 2. The van der Waals surface area contributed by atoms with Gasteiger partial charge in [-0.1, -0.05) is 23.9 Å². The van der Waals surface area contributed by atoms with E-state index in [9.17, 15) is 19.8 Å². The summed E-state index contributed by atoms with van der Waals surface area (Å²) in [5.74, 6) is -3.38. The van der Waals surface area contributed by atoms with E-state index in [4.69, 9.17) is 10.2 Å². The molecule has 2 radical (unpaired) electrons. The second-order valence-corrected chi connectivity index (χ2v) is 5.96. The van der Waals surface area contributed by atoms with E-state index in [2.05, 4.69) is 15.2 Å². The van der Waals surface area contributed by atoms with Crippen LogP contribution in [-0.4, -0.2) is 83.6 Å². The number of phenols is 2. The van der Waals surface area contributed by atoms with Crippen molar-refractivity contribution in [3.63, 3.8) is 0 Å². The third-order valence-electron chi connectivity index (χ3n) is 3.43. The van der Waals surface area contributed by atoms with Crippen LogP contribution in [0.5, 0.6) is 11.5 Å². The predicted octanol–water partition coefficient (Wildman–Crippen LogP) is -1.46. The first-order valence-electron chi connectivity index (χ1n) is 7.64. The average molecular weight is 619 g/mol. The maximum atomic E-state index is 11.0. The summed E-state index contributed by atoms with van der Waals surface area (Å²) in [6.07, 6.45) is 4.10. The summed E-state index contributed by atoms with van der Waals surface area (Å²) < 4.78 is 0. The maximum Gasteiger partial charge on any atom is 0.339 e. The predicted molar refractivity (Wildman–Crippen MR) is 124 cm³/mol. The molecule has 0 bridgehead atoms. The Labute approximate surface area is 224 Å². The van der Waals surface area contributed by atoms with Crippen molar-refractivity contribution < 1.29 is 91.5 Å². The number of para-hydroxylation sites is 2. The second-order valence-electron chi connectivity index (χ2n) is 5.19. The minimum absolute atomic E-state index is 0. The van der Waals surface area contributed by atoms with Crippen LogP contribution in [0.3, 0.4) is 0 Å². The number of hydrogen-bond acceptors (Lipinski definition) is 7. The van der Waals surface area contributed by atoms with Crippen molar-refractivity contribution in [1.29, 1.82) is 0 Å². The van der Waals surface area contributed by atoms with Gasteiger partial charge in [0.05, 0.1) is 6.21 Å². The first-order valence-corrected chi connectivity index (χ1v) is 8.87. The normalized spacial score (nSPS) is 9.57. The van der Waals surface area contributed by atoms with Gasteiger partial charge in [0, 0.05) is 51.5 Å². The van der Waals surface area contributed by atoms with E-state index in [-0.39, 0.29) is 88.9 Å². The summed E-state index contributed by atoms with van der Waals surface area (Å²) in [4.78, 5) is 26.1. The first-order chi connectivity index (χ1) is 13.3. The molecule has 0 aliphatic rings. The van der Waals surface area contributed by atoms with Crippen molar-refractivity contribution in [3.05, 3.63) is 58.7 Å². The Kier molecular flexibility index (Phi) is 28.3. The van der Waals surface area contributed by atoms with Crippen molar-refractivity contribution in [2.24, 2.45) is 15.2 Å². The number of aliphatic imine (C=N–C) groups is 1. The van der Waals surface area contributed by atoms with Gasteiger partial charge >= 0.3 is 11.9 Å². The summed E-state index contributed by atoms with van der Waals surface area (Å²) in [5, 5.41) is 45.6. The Balaban J connectivity index is -0.000000300. The molecule has 0 aliphatic heterocycles. The molecule has 0 amide bonds. The number of rotatable bonds is 5. The van der Waals surface area contributed by atoms with Gasteiger partial charge in [0.2, 0.25) is 5.17 Å². The van der Waals surface area contributed by atoms with Crippen LogP contribution < -0.4 is 0 Å². The SMILES string of the molecule is CSC(/N=C\c1cccc(C(=O)O)c1O)=N/N=C\c1cccc(C(=O)O)c1O.O.O.O.O.O.[Cu].[Cu]. The van der Waals surface area contributed by atoms with Gasteiger partial charge in [0.25, 0.3) is 0 Å². The standard InChI is InChI=1S/C18H15N3O6S.2Cu.5H2O/c1-28-18(19-8-10-4-2-6-12(14(10)22)16(24)25)21-20-9-11-5-3-7-13(15(11)23)17(26)27;;;;;;;/h2-9,22-23H,1H3,(H,24,25)(H,26,27);;;5*1H2/b19-8-,20-9-,21-18+;;;;;;;. The molecular formula is C18H25Cu2N3O11S. The second kappa shape index (κ2) is 21.7. The number of benzene rings is 2. The van der Waals surface area contributed by atoms with Gasteiger partial charge < -0.3 is 47.8 Å². The van der Waals surface area contributed by atoms with Gasteiger partial charge in [-0.3, -0.25) is 0 Å². The van der Waals surface area contributed by atoms with Gasteiger partial charge in [-0.05, 0) is 30.5 Å². The number of carboxylic acids is 2. The largest absolute Gasteiger partial charge is 0.506 e. The van der Waals surface area contributed by atoms with Gasteiger partial charge in [-0.25, -0.2) is 14.6 Å². The van der Waals surface area contributed by atoms with Crippen molar-refractivity contribution in [1.82, 2.24) is 0 Å². The van der Waals surface area contributed by atoms with Crippen molar-refractivity contribution in [3.8, 4) is 11.5 Å². The van der Waals surface area contributed by atoms with Gasteiger partial charge in [0.15, 0.2) is 0 Å². The van der Waals surface area contributed by atoms with E-state index in [1.54, 1.807) is 6.26 Å². The zero-order valence-corrected chi connectivity index (χ0v) is 20.3. The molecule has 0 unspecified atom stereocenters. The Morgan fingerprint density at radius 1 is 0.771 bits per heavy atom. The molecule has 0 heterocycles. The molecule has 0 aliphatic carbocycles. The fourth-order valence-corrected chi connectivity index (χ4v) is 2.35. The zero-order valence-electron chi connectivity index (χ0n) is 17.6. The van der Waals surface area contributed by atoms with Crippen molar-refractivity contribution in [2.45, 2.75) is 0 Å². The number of hydrogen-bond donors (Lipinski definition) is 4. The Hall–Kier alpha value is -2.82. The molecule has 2 aromatic rings. The molecular weight excluding hydrogens is 593 g/mol. The van der Waals surface area contributed by atoms with E-state index in [0.29, 0.717) is 0 Å². The van der Waals surface area contributed by atoms with Gasteiger partial charge in [-0.15, -0.1) is 5.10 Å².